The van der Waals surface area contributed by atoms with E-state index in [2.05, 4.69) is 10.1 Å². The molecule has 4 nitrogen and oxygen atoms in total. The quantitative estimate of drug-likeness (QED) is 0.504. The zero-order chi connectivity index (χ0) is 7.98. The summed E-state index contributed by atoms with van der Waals surface area (Å²) in [5.74, 6) is -0.261. The molecule has 0 bridgehead atoms. The van der Waals surface area contributed by atoms with Gasteiger partial charge in [0.15, 0.2) is 0 Å². The monoisotopic (exact) mass is 146 g/mol. The van der Waals surface area contributed by atoms with E-state index in [1.54, 1.807) is 7.05 Å². The van der Waals surface area contributed by atoms with E-state index in [4.69, 9.17) is 5.73 Å². The summed E-state index contributed by atoms with van der Waals surface area (Å²) in [4.78, 5) is 10.6. The van der Waals surface area contributed by atoms with Gasteiger partial charge in [0.2, 0.25) is 0 Å². The van der Waals surface area contributed by atoms with E-state index in [1.165, 1.54) is 7.11 Å². The first kappa shape index (κ1) is 9.39. The van der Waals surface area contributed by atoms with Crippen molar-refractivity contribution in [3.8, 4) is 0 Å². The van der Waals surface area contributed by atoms with Crippen molar-refractivity contribution in [1.82, 2.24) is 5.32 Å². The third-order valence-electron chi connectivity index (χ3n) is 1.12. The Labute approximate surface area is 60.7 Å². The molecule has 0 aromatic carbocycles. The van der Waals surface area contributed by atoms with Crippen molar-refractivity contribution in [3.05, 3.63) is 0 Å². The molecule has 60 valence electrons. The summed E-state index contributed by atoms with van der Waals surface area (Å²) in [6.07, 6.45) is 0.275. The summed E-state index contributed by atoms with van der Waals surface area (Å²) in [7, 11) is 3.14. The van der Waals surface area contributed by atoms with Crippen molar-refractivity contribution in [3.63, 3.8) is 0 Å². The van der Waals surface area contributed by atoms with E-state index in [0.717, 1.165) is 0 Å². The summed E-state index contributed by atoms with van der Waals surface area (Å²) in [6.45, 7) is 0.634. The van der Waals surface area contributed by atoms with Gasteiger partial charge < -0.3 is 15.8 Å². The smallest absolute Gasteiger partial charge is 0.307 e. The highest BCUT2D eigenvalue weighted by Crippen LogP contribution is 1.88. The number of carbonyl (C=O) groups is 1. The standard InChI is InChI=1S/C6H14N2O2/c1-8-4-5(7)3-6(9)10-2/h5,8H,3-4,7H2,1-2H3. The molecule has 1 unspecified atom stereocenters. The van der Waals surface area contributed by atoms with E-state index in [-0.39, 0.29) is 18.4 Å². The van der Waals surface area contributed by atoms with Crippen LogP contribution in [0.15, 0.2) is 0 Å². The van der Waals surface area contributed by atoms with Gasteiger partial charge in [-0.1, -0.05) is 0 Å². The minimum atomic E-state index is -0.261. The molecule has 0 radical (unpaired) electrons. The molecule has 0 aliphatic rings. The van der Waals surface area contributed by atoms with Crippen LogP contribution in [0.5, 0.6) is 0 Å². The lowest BCUT2D eigenvalue weighted by molar-refractivity contribution is -0.140. The van der Waals surface area contributed by atoms with E-state index >= 15 is 0 Å². The predicted molar refractivity (Wildman–Crippen MR) is 38.5 cm³/mol. The van der Waals surface area contributed by atoms with Crippen molar-refractivity contribution >= 4 is 5.97 Å². The highest BCUT2D eigenvalue weighted by atomic mass is 16.5. The van der Waals surface area contributed by atoms with E-state index in [0.29, 0.717) is 6.54 Å². The molecular formula is C6H14N2O2. The molecule has 0 rings (SSSR count). The number of rotatable bonds is 4. The lowest BCUT2D eigenvalue weighted by atomic mass is 10.2. The number of hydrogen-bond acceptors (Lipinski definition) is 4. The highest BCUT2D eigenvalue weighted by molar-refractivity contribution is 5.69. The number of nitrogens with one attached hydrogen (secondary N) is 1. The van der Waals surface area contributed by atoms with Crippen LogP contribution in [0.4, 0.5) is 0 Å². The van der Waals surface area contributed by atoms with Gasteiger partial charge in [-0.15, -0.1) is 0 Å². The summed E-state index contributed by atoms with van der Waals surface area (Å²) in [6, 6.07) is -0.141. The largest absolute Gasteiger partial charge is 0.469 e. The van der Waals surface area contributed by atoms with Crippen LogP contribution in [0.3, 0.4) is 0 Å². The summed E-state index contributed by atoms with van der Waals surface area (Å²) in [5.41, 5.74) is 5.50. The highest BCUT2D eigenvalue weighted by Gasteiger charge is 2.07. The fourth-order valence-electron chi connectivity index (χ4n) is 0.632. The lowest BCUT2D eigenvalue weighted by Crippen LogP contribution is -2.34. The Morgan fingerprint density at radius 3 is 2.80 bits per heavy atom. The van der Waals surface area contributed by atoms with Gasteiger partial charge >= 0.3 is 5.97 Å². The van der Waals surface area contributed by atoms with Gasteiger partial charge in [-0.25, -0.2) is 0 Å². The Morgan fingerprint density at radius 1 is 1.80 bits per heavy atom. The minimum Gasteiger partial charge on any atom is -0.469 e. The molecule has 10 heavy (non-hydrogen) atoms. The van der Waals surface area contributed by atoms with Crippen molar-refractivity contribution in [1.29, 1.82) is 0 Å². The molecular weight excluding hydrogens is 132 g/mol. The molecule has 1 atom stereocenters. The van der Waals surface area contributed by atoms with Gasteiger partial charge in [0.1, 0.15) is 0 Å². The number of esters is 1. The first-order valence-electron chi connectivity index (χ1n) is 3.17. The van der Waals surface area contributed by atoms with Crippen LogP contribution in [0.1, 0.15) is 6.42 Å². The van der Waals surface area contributed by atoms with Crippen molar-refractivity contribution in [2.75, 3.05) is 20.7 Å². The predicted octanol–water partition coefficient (Wildman–Crippen LogP) is -0.904. The van der Waals surface area contributed by atoms with Gasteiger partial charge in [0, 0.05) is 12.6 Å². The molecule has 0 saturated carbocycles. The van der Waals surface area contributed by atoms with Crippen LogP contribution in [0.25, 0.3) is 0 Å². The number of carbonyl (C=O) groups excluding carboxylic acids is 1. The SMILES string of the molecule is CNCC(N)CC(=O)OC. The summed E-state index contributed by atoms with van der Waals surface area (Å²) < 4.78 is 4.42. The number of likely N-dealkylation sites (N-methyl/N-ethyl adjacent to an activating group) is 1. The van der Waals surface area contributed by atoms with Gasteiger partial charge in [-0.05, 0) is 7.05 Å². The maximum atomic E-state index is 10.6. The molecule has 0 amide bonds. The number of ether oxygens (including phenoxy) is 1. The van der Waals surface area contributed by atoms with E-state index in [9.17, 15) is 4.79 Å². The Morgan fingerprint density at radius 2 is 2.40 bits per heavy atom. The van der Waals surface area contributed by atoms with Crippen LogP contribution in [-0.2, 0) is 9.53 Å². The molecule has 4 heteroatoms. The molecule has 0 aliphatic heterocycles. The average Bonchev–Trinajstić information content (AvgIpc) is 1.88. The normalized spacial score (nSPS) is 12.7. The fraction of sp³-hybridized carbons (Fsp3) is 0.833. The minimum absolute atomic E-state index is 0.141. The van der Waals surface area contributed by atoms with Gasteiger partial charge in [-0.3, -0.25) is 4.79 Å². The topological polar surface area (TPSA) is 64.3 Å². The van der Waals surface area contributed by atoms with Crippen molar-refractivity contribution in [2.24, 2.45) is 5.73 Å². The number of hydrogen-bond donors (Lipinski definition) is 2. The molecule has 0 heterocycles. The van der Waals surface area contributed by atoms with E-state index < -0.39 is 0 Å². The second-order valence-electron chi connectivity index (χ2n) is 2.10. The van der Waals surface area contributed by atoms with Crippen molar-refractivity contribution in [2.45, 2.75) is 12.5 Å². The maximum absolute atomic E-state index is 10.6. The summed E-state index contributed by atoms with van der Waals surface area (Å²) >= 11 is 0. The number of methoxy groups -OCH3 is 1. The zero-order valence-corrected chi connectivity index (χ0v) is 6.39. The third kappa shape index (κ3) is 4.29. The second kappa shape index (κ2) is 5.20. The maximum Gasteiger partial charge on any atom is 0.307 e. The molecule has 0 spiro atoms. The molecule has 0 aliphatic carbocycles. The fourth-order valence-corrected chi connectivity index (χ4v) is 0.632. The van der Waals surface area contributed by atoms with Crippen molar-refractivity contribution < 1.29 is 9.53 Å². The molecule has 0 aromatic heterocycles. The van der Waals surface area contributed by atoms with Crippen LogP contribution in [0, 0.1) is 0 Å². The van der Waals surface area contributed by atoms with Crippen LogP contribution in [0.2, 0.25) is 0 Å². The Balaban J connectivity index is 3.37. The Kier molecular flexibility index (Phi) is 4.88. The third-order valence-corrected chi connectivity index (χ3v) is 1.12. The number of nitrogens with two attached hydrogens (primary N) is 1. The molecule has 0 saturated heterocycles. The molecule has 0 aromatic rings. The second-order valence-corrected chi connectivity index (χ2v) is 2.10. The Bertz CT molecular complexity index is 106. The first-order valence-corrected chi connectivity index (χ1v) is 3.17. The van der Waals surface area contributed by atoms with Crippen LogP contribution < -0.4 is 11.1 Å². The first-order chi connectivity index (χ1) is 4.70. The lowest BCUT2D eigenvalue weighted by Gasteiger charge is -2.07. The average molecular weight is 146 g/mol. The Hall–Kier alpha value is -0.610. The van der Waals surface area contributed by atoms with Crippen LogP contribution >= 0.6 is 0 Å². The molecule has 0 fully saturated rings. The van der Waals surface area contributed by atoms with E-state index in [1.807, 2.05) is 0 Å². The van der Waals surface area contributed by atoms with Crippen LogP contribution in [-0.4, -0.2) is 32.7 Å². The summed E-state index contributed by atoms with van der Waals surface area (Å²) in [5, 5.41) is 2.86. The van der Waals surface area contributed by atoms with Gasteiger partial charge in [0.25, 0.3) is 0 Å². The van der Waals surface area contributed by atoms with Gasteiger partial charge in [0.05, 0.1) is 13.5 Å². The zero-order valence-electron chi connectivity index (χ0n) is 6.39. The molecule has 3 N–H and O–H groups in total. The van der Waals surface area contributed by atoms with Gasteiger partial charge in [-0.2, -0.15) is 0 Å².